The van der Waals surface area contributed by atoms with Crippen LogP contribution in [0.15, 0.2) is 18.2 Å². The Balaban J connectivity index is 1.74. The average molecular weight is 484 g/mol. The predicted octanol–water partition coefficient (Wildman–Crippen LogP) is 2.03. The number of thiocarbonyl (C=S) groups is 1. The summed E-state index contributed by atoms with van der Waals surface area (Å²) in [6, 6.07) is 4.65. The first-order valence-corrected chi connectivity index (χ1v) is 11.8. The number of benzene rings is 1. The third kappa shape index (κ3) is 5.89. The molecule has 0 saturated carbocycles. The van der Waals surface area contributed by atoms with E-state index in [0.29, 0.717) is 24.5 Å². The Kier molecular flexibility index (Phi) is 8.32. The molecule has 2 aliphatic heterocycles. The Morgan fingerprint density at radius 2 is 2.22 bits per heavy atom. The van der Waals surface area contributed by atoms with Gasteiger partial charge in [0.25, 0.3) is 0 Å². The number of carbonyl (C=O) groups excluding carboxylic acids is 2. The van der Waals surface area contributed by atoms with Crippen LogP contribution in [0, 0.1) is 5.82 Å². The Labute approximate surface area is 197 Å². The summed E-state index contributed by atoms with van der Waals surface area (Å²) >= 11 is 7.31. The fraction of sp³-hybridized carbons (Fsp3) is 0.571. The quantitative estimate of drug-likeness (QED) is 0.451. The minimum absolute atomic E-state index is 0.120. The summed E-state index contributed by atoms with van der Waals surface area (Å²) in [4.78, 5) is 28.8. The van der Waals surface area contributed by atoms with E-state index < -0.39 is 18.0 Å². The highest BCUT2D eigenvalue weighted by Crippen LogP contribution is 2.31. The molecule has 2 N–H and O–H groups in total. The number of ether oxygens (including phenoxy) is 1. The lowest BCUT2D eigenvalue weighted by atomic mass is 10.1. The van der Waals surface area contributed by atoms with E-state index in [0.717, 1.165) is 10.7 Å². The largest absolute Gasteiger partial charge is 0.442 e. The second-order valence-electron chi connectivity index (χ2n) is 8.10. The zero-order valence-corrected chi connectivity index (χ0v) is 20.4. The van der Waals surface area contributed by atoms with E-state index in [-0.39, 0.29) is 30.4 Å². The normalized spacial score (nSPS) is 22.1. The van der Waals surface area contributed by atoms with Crippen molar-refractivity contribution in [2.75, 3.05) is 56.6 Å². The van der Waals surface area contributed by atoms with Crippen molar-refractivity contribution in [3.8, 4) is 0 Å². The number of carbonyl (C=O) groups is 2. The molecule has 8 nitrogen and oxygen atoms in total. The van der Waals surface area contributed by atoms with E-state index in [1.807, 2.05) is 19.0 Å². The fourth-order valence-corrected chi connectivity index (χ4v) is 5.09. The molecule has 3 rings (SSSR count). The number of halogens is 1. The number of hydrogen-bond acceptors (Lipinski definition) is 8. The van der Waals surface area contributed by atoms with Gasteiger partial charge in [-0.1, -0.05) is 24.0 Å². The predicted molar refractivity (Wildman–Crippen MR) is 130 cm³/mol. The summed E-state index contributed by atoms with van der Waals surface area (Å²) in [6.45, 7) is 5.97. The molecule has 176 valence electrons. The molecule has 2 fully saturated rings. The standard InChI is InChI=1S/C21H30FN5O3S2/c1-13(28)24-10-16-12-27(21(29)30-16)15-5-6-18(17(22)9-15)26-8-7-23-11-19(26)20(31)32-14(2)25(3)4/h5-6,9,14,16,19,23H,7-8,10-12H2,1-4H3,(H,24,28). The molecule has 3 atom stereocenters. The van der Waals surface area contributed by atoms with Crippen molar-refractivity contribution in [3.63, 3.8) is 0 Å². The van der Waals surface area contributed by atoms with Gasteiger partial charge in [-0.05, 0) is 39.2 Å². The van der Waals surface area contributed by atoms with E-state index in [1.54, 1.807) is 23.9 Å². The lowest BCUT2D eigenvalue weighted by Crippen LogP contribution is -2.54. The number of amides is 2. The van der Waals surface area contributed by atoms with Gasteiger partial charge in [0, 0.05) is 26.6 Å². The third-order valence-corrected chi connectivity index (χ3v) is 7.36. The number of hydrogen-bond donors (Lipinski definition) is 2. The second kappa shape index (κ2) is 10.8. The maximum atomic E-state index is 15.2. The summed E-state index contributed by atoms with van der Waals surface area (Å²) in [5.74, 6) is -0.613. The molecule has 1 aromatic rings. The summed E-state index contributed by atoms with van der Waals surface area (Å²) in [5, 5.41) is 6.19. The highest BCUT2D eigenvalue weighted by Gasteiger charge is 2.34. The zero-order valence-electron chi connectivity index (χ0n) is 18.8. The molecule has 2 amide bonds. The summed E-state index contributed by atoms with van der Waals surface area (Å²) in [5.41, 5.74) is 0.884. The molecule has 32 heavy (non-hydrogen) atoms. The van der Waals surface area contributed by atoms with Gasteiger partial charge in [-0.15, -0.1) is 0 Å². The number of nitrogens with one attached hydrogen (secondary N) is 2. The highest BCUT2D eigenvalue weighted by atomic mass is 32.2. The molecule has 2 aliphatic rings. The highest BCUT2D eigenvalue weighted by molar-refractivity contribution is 8.23. The topological polar surface area (TPSA) is 77.2 Å². The maximum absolute atomic E-state index is 15.2. The molecule has 0 radical (unpaired) electrons. The van der Waals surface area contributed by atoms with Crippen LogP contribution in [0.2, 0.25) is 0 Å². The van der Waals surface area contributed by atoms with E-state index >= 15 is 4.39 Å². The molecular formula is C21H30FN5O3S2. The molecule has 0 bridgehead atoms. The van der Waals surface area contributed by atoms with Gasteiger partial charge in [0.05, 0.1) is 40.1 Å². The smallest absolute Gasteiger partial charge is 0.414 e. The van der Waals surface area contributed by atoms with Crippen LogP contribution in [0.4, 0.5) is 20.6 Å². The molecular weight excluding hydrogens is 453 g/mol. The molecule has 3 unspecified atom stereocenters. The zero-order chi connectivity index (χ0) is 23.4. The SMILES string of the molecule is CC(=O)NCC1CN(c2ccc(N3CCNCC3C(=S)SC(C)N(C)C)c(F)c2)C(=O)O1. The summed E-state index contributed by atoms with van der Waals surface area (Å²) in [6.07, 6.45) is -1.03. The van der Waals surface area contributed by atoms with E-state index in [2.05, 4.69) is 22.5 Å². The van der Waals surface area contributed by atoms with Crippen LogP contribution < -0.4 is 20.4 Å². The first kappa shape index (κ1) is 24.7. The fourth-order valence-electron chi connectivity index (χ4n) is 3.55. The molecule has 1 aromatic carbocycles. The van der Waals surface area contributed by atoms with Crippen LogP contribution in [-0.2, 0) is 9.53 Å². The minimum atomic E-state index is -0.553. The van der Waals surface area contributed by atoms with Crippen molar-refractivity contribution >= 4 is 51.6 Å². The summed E-state index contributed by atoms with van der Waals surface area (Å²) in [7, 11) is 4.00. The Bertz CT molecular complexity index is 872. The lowest BCUT2D eigenvalue weighted by molar-refractivity contribution is -0.119. The van der Waals surface area contributed by atoms with Gasteiger partial charge in [-0.2, -0.15) is 0 Å². The van der Waals surface area contributed by atoms with Crippen LogP contribution in [0.5, 0.6) is 0 Å². The van der Waals surface area contributed by atoms with Gasteiger partial charge < -0.3 is 20.3 Å². The average Bonchev–Trinajstić information content (AvgIpc) is 3.12. The molecule has 2 saturated heterocycles. The van der Waals surface area contributed by atoms with Crippen LogP contribution in [-0.4, -0.2) is 85.4 Å². The van der Waals surface area contributed by atoms with Gasteiger partial charge in [0.15, 0.2) is 0 Å². The maximum Gasteiger partial charge on any atom is 0.414 e. The Hall–Kier alpha value is -1.95. The molecule has 2 heterocycles. The van der Waals surface area contributed by atoms with Gasteiger partial charge in [-0.3, -0.25) is 14.6 Å². The number of rotatable bonds is 7. The van der Waals surface area contributed by atoms with Crippen molar-refractivity contribution in [2.45, 2.75) is 31.4 Å². The number of nitrogens with zero attached hydrogens (tertiary/aromatic N) is 3. The van der Waals surface area contributed by atoms with Gasteiger partial charge in [0.1, 0.15) is 11.9 Å². The molecule has 0 spiro atoms. The lowest BCUT2D eigenvalue weighted by Gasteiger charge is -2.39. The van der Waals surface area contributed by atoms with E-state index in [9.17, 15) is 9.59 Å². The Morgan fingerprint density at radius 1 is 1.47 bits per heavy atom. The van der Waals surface area contributed by atoms with Crippen molar-refractivity contribution in [3.05, 3.63) is 24.0 Å². The van der Waals surface area contributed by atoms with Crippen LogP contribution >= 0.6 is 24.0 Å². The molecule has 0 aromatic heterocycles. The van der Waals surface area contributed by atoms with E-state index in [1.165, 1.54) is 17.9 Å². The third-order valence-electron chi connectivity index (χ3n) is 5.53. The van der Waals surface area contributed by atoms with Crippen LogP contribution in [0.3, 0.4) is 0 Å². The number of piperazine rings is 1. The van der Waals surface area contributed by atoms with Crippen LogP contribution in [0.25, 0.3) is 0 Å². The molecule has 0 aliphatic carbocycles. The van der Waals surface area contributed by atoms with E-state index in [4.69, 9.17) is 17.0 Å². The first-order valence-electron chi connectivity index (χ1n) is 10.5. The summed E-state index contributed by atoms with van der Waals surface area (Å²) < 4.78 is 21.3. The van der Waals surface area contributed by atoms with Gasteiger partial charge in [0.2, 0.25) is 5.91 Å². The minimum Gasteiger partial charge on any atom is -0.442 e. The first-order chi connectivity index (χ1) is 15.2. The van der Waals surface area contributed by atoms with Gasteiger partial charge >= 0.3 is 6.09 Å². The van der Waals surface area contributed by atoms with Crippen molar-refractivity contribution < 1.29 is 18.7 Å². The number of anilines is 2. The molecule has 11 heteroatoms. The van der Waals surface area contributed by atoms with Crippen molar-refractivity contribution in [1.82, 2.24) is 15.5 Å². The number of thioether (sulfide) groups is 1. The number of cyclic esters (lactones) is 1. The van der Waals surface area contributed by atoms with Crippen LogP contribution in [0.1, 0.15) is 13.8 Å². The van der Waals surface area contributed by atoms with Crippen molar-refractivity contribution in [1.29, 1.82) is 0 Å². The monoisotopic (exact) mass is 483 g/mol. The second-order valence-corrected chi connectivity index (χ2v) is 10.2. The van der Waals surface area contributed by atoms with Gasteiger partial charge in [-0.25, -0.2) is 9.18 Å². The Morgan fingerprint density at radius 3 is 2.88 bits per heavy atom. The van der Waals surface area contributed by atoms with Crippen molar-refractivity contribution in [2.24, 2.45) is 0 Å².